The summed E-state index contributed by atoms with van der Waals surface area (Å²) in [7, 11) is 0. The van der Waals surface area contributed by atoms with Gasteiger partial charge in [0, 0.05) is 23.2 Å². The summed E-state index contributed by atoms with van der Waals surface area (Å²) in [5.74, 6) is -0.550. The van der Waals surface area contributed by atoms with Crippen molar-refractivity contribution in [3.63, 3.8) is 0 Å². The Morgan fingerprint density at radius 1 is 1.11 bits per heavy atom. The third-order valence-electron chi connectivity index (χ3n) is 7.53. The van der Waals surface area contributed by atoms with Crippen LogP contribution in [0.25, 0.3) is 11.3 Å². The zero-order valence-corrected chi connectivity index (χ0v) is 22.1. The number of benzene rings is 2. The first-order valence-electron chi connectivity index (χ1n) is 13.1. The van der Waals surface area contributed by atoms with Crippen molar-refractivity contribution in [1.82, 2.24) is 9.55 Å². The maximum Gasteiger partial charge on any atom is 0.416 e. The summed E-state index contributed by atoms with van der Waals surface area (Å²) in [6.45, 7) is 2.47. The molecule has 1 N–H and O–H groups in total. The lowest BCUT2D eigenvalue weighted by molar-refractivity contribution is -0.137. The molecule has 0 radical (unpaired) electrons. The fourth-order valence-electron chi connectivity index (χ4n) is 5.85. The van der Waals surface area contributed by atoms with Crippen LogP contribution in [0.2, 0.25) is 0 Å². The van der Waals surface area contributed by atoms with Gasteiger partial charge in [-0.25, -0.2) is 4.98 Å². The Morgan fingerprint density at radius 2 is 1.87 bits per heavy atom. The lowest BCUT2D eigenvalue weighted by Gasteiger charge is -2.42. The van der Waals surface area contributed by atoms with E-state index in [1.807, 2.05) is 25.1 Å². The highest BCUT2D eigenvalue weighted by Crippen LogP contribution is 2.48. The van der Waals surface area contributed by atoms with Gasteiger partial charge in [-0.05, 0) is 49.4 Å². The van der Waals surface area contributed by atoms with E-state index in [0.717, 1.165) is 73.5 Å². The lowest BCUT2D eigenvalue weighted by atomic mass is 9.62. The molecule has 1 amide bonds. The molecule has 0 bridgehead atoms. The van der Waals surface area contributed by atoms with Crippen molar-refractivity contribution < 1.29 is 18.0 Å². The molecule has 0 unspecified atom stereocenters. The van der Waals surface area contributed by atoms with Gasteiger partial charge in [0.05, 0.1) is 22.6 Å². The molecule has 200 valence electrons. The smallest absolute Gasteiger partial charge is 0.325 e. The number of amides is 1. The number of carbonyl (C=O) groups is 1. The summed E-state index contributed by atoms with van der Waals surface area (Å²) in [6.07, 6.45) is 2.34. The zero-order valence-electron chi connectivity index (χ0n) is 21.2. The molecule has 1 spiro atoms. The predicted octanol–water partition coefficient (Wildman–Crippen LogP) is 6.83. The first kappa shape index (κ1) is 26.5. The van der Waals surface area contributed by atoms with Crippen LogP contribution in [0.5, 0.6) is 0 Å². The number of aromatic nitrogens is 2. The Labute approximate surface area is 223 Å². The summed E-state index contributed by atoms with van der Waals surface area (Å²) in [4.78, 5) is 31.8. The van der Waals surface area contributed by atoms with Crippen molar-refractivity contribution in [2.45, 2.75) is 75.2 Å². The number of hydrogen-bond acceptors (Lipinski definition) is 4. The molecular formula is C29H30F3N3O2S. The second-order valence-corrected chi connectivity index (χ2v) is 11.1. The molecule has 1 fully saturated rings. The minimum atomic E-state index is -4.50. The standard InChI is InChI=1S/C29H30F3N3O2S/c1-2-15-35-26(37)24-25(22-12-5-4-9-19(22)17-28(24)13-6-3-7-14-28)34-27(35)38-18-23(36)33-21-11-8-10-20(16-21)29(30,31)32/h4-5,8-12,16H,2-3,6-7,13-15,17-18H2,1H3,(H,33,36). The van der Waals surface area contributed by atoms with Crippen LogP contribution >= 0.6 is 11.8 Å². The number of rotatable bonds is 6. The topological polar surface area (TPSA) is 64.0 Å². The zero-order chi connectivity index (χ0) is 26.9. The molecule has 5 nitrogen and oxygen atoms in total. The van der Waals surface area contributed by atoms with Crippen LogP contribution in [-0.2, 0) is 29.4 Å². The Morgan fingerprint density at radius 3 is 2.61 bits per heavy atom. The quantitative estimate of drug-likeness (QED) is 0.275. The van der Waals surface area contributed by atoms with Gasteiger partial charge >= 0.3 is 6.18 Å². The summed E-state index contributed by atoms with van der Waals surface area (Å²) < 4.78 is 40.8. The van der Waals surface area contributed by atoms with Gasteiger partial charge in [-0.2, -0.15) is 13.2 Å². The molecule has 1 aromatic heterocycles. The molecule has 2 aromatic carbocycles. The van der Waals surface area contributed by atoms with Crippen LogP contribution in [-0.4, -0.2) is 21.2 Å². The number of hydrogen-bond donors (Lipinski definition) is 1. The van der Waals surface area contributed by atoms with Gasteiger partial charge in [0.15, 0.2) is 5.16 Å². The number of alkyl halides is 3. The number of carbonyl (C=O) groups excluding carboxylic acids is 1. The number of fused-ring (bicyclic) bond motifs is 4. The molecule has 2 aliphatic rings. The summed E-state index contributed by atoms with van der Waals surface area (Å²) in [5, 5.41) is 3.00. The van der Waals surface area contributed by atoms with E-state index in [1.54, 1.807) is 4.57 Å². The fraction of sp³-hybridized carbons (Fsp3) is 0.414. The van der Waals surface area contributed by atoms with Crippen molar-refractivity contribution >= 4 is 23.4 Å². The molecule has 1 saturated carbocycles. The molecule has 5 rings (SSSR count). The van der Waals surface area contributed by atoms with E-state index >= 15 is 0 Å². The van der Waals surface area contributed by atoms with Gasteiger partial charge in [-0.1, -0.05) is 68.3 Å². The monoisotopic (exact) mass is 541 g/mol. The maximum atomic E-state index is 14.1. The second kappa shape index (κ2) is 10.6. The molecule has 3 aromatic rings. The van der Waals surface area contributed by atoms with Gasteiger partial charge < -0.3 is 5.32 Å². The molecule has 0 aliphatic heterocycles. The Hall–Kier alpha value is -3.07. The average molecular weight is 542 g/mol. The van der Waals surface area contributed by atoms with Crippen molar-refractivity contribution in [1.29, 1.82) is 0 Å². The average Bonchev–Trinajstić information content (AvgIpc) is 2.89. The van der Waals surface area contributed by atoms with E-state index in [4.69, 9.17) is 4.98 Å². The van der Waals surface area contributed by atoms with E-state index in [9.17, 15) is 22.8 Å². The minimum Gasteiger partial charge on any atom is -0.325 e. The molecule has 9 heteroatoms. The maximum absolute atomic E-state index is 14.1. The first-order chi connectivity index (χ1) is 18.2. The van der Waals surface area contributed by atoms with E-state index in [-0.39, 0.29) is 22.4 Å². The SMILES string of the molecule is CCCn1c(SCC(=O)Nc2cccc(C(F)(F)F)c2)nc2c(c1=O)C1(CCCCC1)Cc1ccccc1-2. The van der Waals surface area contributed by atoms with Gasteiger partial charge in [0.1, 0.15) is 0 Å². The Kier molecular flexibility index (Phi) is 7.40. The van der Waals surface area contributed by atoms with Crippen LogP contribution in [0, 0.1) is 0 Å². The predicted molar refractivity (Wildman–Crippen MR) is 143 cm³/mol. The minimum absolute atomic E-state index is 0.0333. The Balaban J connectivity index is 1.48. The van der Waals surface area contributed by atoms with E-state index < -0.39 is 17.6 Å². The van der Waals surface area contributed by atoms with E-state index in [0.29, 0.717) is 17.4 Å². The normalized spacial score (nSPS) is 16.1. The first-order valence-corrected chi connectivity index (χ1v) is 14.0. The van der Waals surface area contributed by atoms with Crippen LogP contribution in [0.4, 0.5) is 18.9 Å². The molecule has 0 atom stereocenters. The number of nitrogens with one attached hydrogen (secondary N) is 1. The molecular weight excluding hydrogens is 511 g/mol. The molecule has 2 aliphatic carbocycles. The molecule has 1 heterocycles. The summed E-state index contributed by atoms with van der Waals surface area (Å²) in [6, 6.07) is 12.6. The third-order valence-corrected chi connectivity index (χ3v) is 8.51. The van der Waals surface area contributed by atoms with Crippen molar-refractivity contribution in [2.75, 3.05) is 11.1 Å². The van der Waals surface area contributed by atoms with Crippen LogP contribution < -0.4 is 10.9 Å². The molecule has 38 heavy (non-hydrogen) atoms. The number of nitrogens with zero attached hydrogens (tertiary/aromatic N) is 2. The van der Waals surface area contributed by atoms with E-state index in [1.165, 1.54) is 24.1 Å². The number of anilines is 1. The highest BCUT2D eigenvalue weighted by molar-refractivity contribution is 7.99. The second-order valence-electron chi connectivity index (χ2n) is 10.2. The summed E-state index contributed by atoms with van der Waals surface area (Å²) in [5.41, 5.74) is 2.68. The van der Waals surface area contributed by atoms with Crippen LogP contribution in [0.3, 0.4) is 0 Å². The van der Waals surface area contributed by atoms with Crippen LogP contribution in [0.1, 0.15) is 62.1 Å². The van der Waals surface area contributed by atoms with Crippen molar-refractivity contribution in [3.8, 4) is 11.3 Å². The largest absolute Gasteiger partial charge is 0.416 e. The third kappa shape index (κ3) is 5.13. The van der Waals surface area contributed by atoms with Gasteiger partial charge in [-0.15, -0.1) is 0 Å². The Bertz CT molecular complexity index is 1410. The number of halogens is 3. The fourth-order valence-corrected chi connectivity index (χ4v) is 6.67. The van der Waals surface area contributed by atoms with E-state index in [2.05, 4.69) is 11.4 Å². The highest BCUT2D eigenvalue weighted by Gasteiger charge is 2.43. The van der Waals surface area contributed by atoms with Gasteiger partial charge in [0.2, 0.25) is 5.91 Å². The van der Waals surface area contributed by atoms with Crippen molar-refractivity contribution in [3.05, 3.63) is 75.6 Å². The van der Waals surface area contributed by atoms with Crippen molar-refractivity contribution in [2.24, 2.45) is 0 Å². The van der Waals surface area contributed by atoms with Gasteiger partial charge in [0.25, 0.3) is 5.56 Å². The lowest BCUT2D eigenvalue weighted by Crippen LogP contribution is -2.43. The highest BCUT2D eigenvalue weighted by atomic mass is 32.2. The van der Waals surface area contributed by atoms with Crippen LogP contribution in [0.15, 0.2) is 58.5 Å². The summed E-state index contributed by atoms with van der Waals surface area (Å²) >= 11 is 1.14. The van der Waals surface area contributed by atoms with Gasteiger partial charge in [-0.3, -0.25) is 14.2 Å². The molecule has 0 saturated heterocycles. The number of thioether (sulfide) groups is 1.